The molecule has 0 heterocycles. The van der Waals surface area contributed by atoms with Gasteiger partial charge in [0.1, 0.15) is 0 Å². The Morgan fingerprint density at radius 2 is 1.12 bits per heavy atom. The summed E-state index contributed by atoms with van der Waals surface area (Å²) in [5.41, 5.74) is 0. The molecule has 0 atom stereocenters. The Balaban J connectivity index is 0. The van der Waals surface area contributed by atoms with Crippen LogP contribution in [0.25, 0.3) is 0 Å². The molecule has 0 aromatic rings. The van der Waals surface area contributed by atoms with E-state index in [1.54, 1.807) is 0 Å². The quantitative estimate of drug-likeness (QED) is 0.516. The molecule has 0 aromatic carbocycles. The summed E-state index contributed by atoms with van der Waals surface area (Å²) in [5.74, 6) is 0. The van der Waals surface area contributed by atoms with Crippen LogP contribution < -0.4 is 5.32 Å². The van der Waals surface area contributed by atoms with Crippen LogP contribution in [0.3, 0.4) is 0 Å². The second kappa shape index (κ2) is 5.69. The van der Waals surface area contributed by atoms with Crippen molar-refractivity contribution < 1.29 is 0 Å². The second-order valence-electron chi connectivity index (χ2n) is 2.48. The Bertz CT molecular complexity index is 37.8. The summed E-state index contributed by atoms with van der Waals surface area (Å²) in [5, 5.41) is 3.31. The fourth-order valence-corrected chi connectivity index (χ4v) is 0.667. The monoisotopic (exact) mass is 109 g/mol. The van der Waals surface area contributed by atoms with E-state index in [-0.39, 0.29) is 18.9 Å². The van der Waals surface area contributed by atoms with Crippen molar-refractivity contribution in [2.45, 2.75) is 39.8 Å². The van der Waals surface area contributed by atoms with Crippen LogP contribution in [-0.4, -0.2) is 30.9 Å². The summed E-state index contributed by atoms with van der Waals surface area (Å²) >= 11 is 0. The summed E-state index contributed by atoms with van der Waals surface area (Å²) in [4.78, 5) is 0. The Kier molecular flexibility index (Phi) is 8.08. The van der Waals surface area contributed by atoms with Crippen LogP contribution in [0.1, 0.15) is 27.7 Å². The van der Waals surface area contributed by atoms with Crippen molar-refractivity contribution >= 4 is 18.9 Å². The number of hydrogen-bond donors (Lipinski definition) is 1. The maximum absolute atomic E-state index is 3.31. The van der Waals surface area contributed by atoms with Gasteiger partial charge in [0.05, 0.1) is 0 Å². The Morgan fingerprint density at radius 1 is 0.875 bits per heavy atom. The van der Waals surface area contributed by atoms with Crippen molar-refractivity contribution in [3.05, 3.63) is 0 Å². The van der Waals surface area contributed by atoms with Crippen molar-refractivity contribution in [3.63, 3.8) is 0 Å². The number of nitrogens with one attached hydrogen (secondary N) is 1. The third-order valence-electron chi connectivity index (χ3n) is 0.667. The molecule has 0 radical (unpaired) electrons. The SMILES string of the molecule is CC(C)NC(C)C.[LiH]. The first kappa shape index (κ1) is 11.4. The van der Waals surface area contributed by atoms with Gasteiger partial charge in [-0.3, -0.25) is 0 Å². The molecule has 2 heteroatoms. The molecule has 0 aliphatic carbocycles. The third kappa shape index (κ3) is 9.75. The van der Waals surface area contributed by atoms with Crippen LogP contribution in [-0.2, 0) is 0 Å². The predicted octanol–water partition coefficient (Wildman–Crippen LogP) is 0.744. The van der Waals surface area contributed by atoms with E-state index < -0.39 is 0 Å². The van der Waals surface area contributed by atoms with Gasteiger partial charge in [-0.1, -0.05) is 27.7 Å². The van der Waals surface area contributed by atoms with Gasteiger partial charge in [0.25, 0.3) is 0 Å². The van der Waals surface area contributed by atoms with Crippen molar-refractivity contribution in [1.82, 2.24) is 5.32 Å². The average Bonchev–Trinajstić information content (AvgIpc) is 1.27. The molecule has 0 spiro atoms. The molecule has 0 aromatic heterocycles. The van der Waals surface area contributed by atoms with Gasteiger partial charge in [0.2, 0.25) is 0 Å². The molecule has 1 N–H and O–H groups in total. The molecule has 0 saturated carbocycles. The van der Waals surface area contributed by atoms with Crippen LogP contribution in [0, 0.1) is 0 Å². The zero-order valence-electron chi connectivity index (χ0n) is 5.65. The minimum absolute atomic E-state index is 0. The molecular formula is C6H16LiN. The van der Waals surface area contributed by atoms with Crippen LogP contribution >= 0.6 is 0 Å². The van der Waals surface area contributed by atoms with Gasteiger partial charge in [-0.05, 0) is 0 Å². The van der Waals surface area contributed by atoms with Gasteiger partial charge in [-0.15, -0.1) is 0 Å². The first-order valence-corrected chi connectivity index (χ1v) is 2.89. The number of rotatable bonds is 2. The van der Waals surface area contributed by atoms with Gasteiger partial charge in [0.15, 0.2) is 0 Å². The van der Waals surface area contributed by atoms with E-state index in [2.05, 4.69) is 33.0 Å². The zero-order valence-corrected chi connectivity index (χ0v) is 5.65. The Morgan fingerprint density at radius 3 is 1.12 bits per heavy atom. The topological polar surface area (TPSA) is 12.0 Å². The van der Waals surface area contributed by atoms with E-state index in [1.807, 2.05) is 0 Å². The van der Waals surface area contributed by atoms with Gasteiger partial charge in [-0.25, -0.2) is 0 Å². The van der Waals surface area contributed by atoms with Crippen molar-refractivity contribution in [3.8, 4) is 0 Å². The average molecular weight is 109 g/mol. The van der Waals surface area contributed by atoms with Gasteiger partial charge in [0, 0.05) is 12.1 Å². The molecule has 46 valence electrons. The van der Waals surface area contributed by atoms with E-state index in [9.17, 15) is 0 Å². The first-order valence-electron chi connectivity index (χ1n) is 2.89. The molecule has 0 rings (SSSR count). The molecule has 0 aliphatic heterocycles. The van der Waals surface area contributed by atoms with Gasteiger partial charge in [-0.2, -0.15) is 0 Å². The van der Waals surface area contributed by atoms with E-state index >= 15 is 0 Å². The Labute approximate surface area is 64.4 Å². The molecule has 0 bridgehead atoms. The normalized spacial score (nSPS) is 9.75. The second-order valence-corrected chi connectivity index (χ2v) is 2.48. The van der Waals surface area contributed by atoms with Crippen molar-refractivity contribution in [1.29, 1.82) is 0 Å². The molecule has 0 amide bonds. The van der Waals surface area contributed by atoms with Crippen LogP contribution in [0.15, 0.2) is 0 Å². The molecule has 0 fully saturated rings. The summed E-state index contributed by atoms with van der Waals surface area (Å²) in [6.45, 7) is 8.61. The van der Waals surface area contributed by atoms with Crippen LogP contribution in [0.4, 0.5) is 0 Å². The molecule has 8 heavy (non-hydrogen) atoms. The van der Waals surface area contributed by atoms with Crippen LogP contribution in [0.5, 0.6) is 0 Å². The Hall–Kier alpha value is 0.557. The molecule has 0 aliphatic rings. The molecular weight excluding hydrogens is 93.0 g/mol. The van der Waals surface area contributed by atoms with E-state index in [0.717, 1.165) is 0 Å². The minimum atomic E-state index is 0. The number of hydrogen-bond acceptors (Lipinski definition) is 1. The third-order valence-corrected chi connectivity index (χ3v) is 0.667. The summed E-state index contributed by atoms with van der Waals surface area (Å²) in [6.07, 6.45) is 0. The van der Waals surface area contributed by atoms with E-state index in [1.165, 1.54) is 0 Å². The summed E-state index contributed by atoms with van der Waals surface area (Å²) in [6, 6.07) is 1.25. The molecule has 1 nitrogen and oxygen atoms in total. The van der Waals surface area contributed by atoms with Crippen molar-refractivity contribution in [2.24, 2.45) is 0 Å². The summed E-state index contributed by atoms with van der Waals surface area (Å²) < 4.78 is 0. The fraction of sp³-hybridized carbons (Fsp3) is 1.00. The predicted molar refractivity (Wildman–Crippen MR) is 40.6 cm³/mol. The van der Waals surface area contributed by atoms with Gasteiger partial charge >= 0.3 is 18.9 Å². The van der Waals surface area contributed by atoms with Crippen LogP contribution in [0.2, 0.25) is 0 Å². The fourth-order valence-electron chi connectivity index (χ4n) is 0.667. The first-order chi connectivity index (χ1) is 3.13. The molecule has 0 unspecified atom stereocenters. The standard InChI is InChI=1S/C6H15N.Li.H/c1-5(2)7-6(3)4;;/h5-7H,1-4H3;;. The zero-order chi connectivity index (χ0) is 5.86. The van der Waals surface area contributed by atoms with Gasteiger partial charge < -0.3 is 5.32 Å². The molecule has 0 saturated heterocycles. The summed E-state index contributed by atoms with van der Waals surface area (Å²) in [7, 11) is 0. The maximum atomic E-state index is 3.31. The van der Waals surface area contributed by atoms with Crippen molar-refractivity contribution in [2.75, 3.05) is 0 Å². The van der Waals surface area contributed by atoms with E-state index in [4.69, 9.17) is 0 Å². The van der Waals surface area contributed by atoms with E-state index in [0.29, 0.717) is 12.1 Å².